The van der Waals surface area contributed by atoms with Crippen LogP contribution in [0.25, 0.3) is 0 Å². The van der Waals surface area contributed by atoms with Crippen molar-refractivity contribution in [2.24, 2.45) is 0 Å². The fraction of sp³-hybridized carbons (Fsp3) is 0.417. The van der Waals surface area contributed by atoms with Gasteiger partial charge < -0.3 is 15.7 Å². The van der Waals surface area contributed by atoms with Crippen molar-refractivity contribution in [3.8, 4) is 0 Å². The van der Waals surface area contributed by atoms with Gasteiger partial charge in [0.25, 0.3) is 0 Å². The van der Waals surface area contributed by atoms with Gasteiger partial charge in [-0.15, -0.1) is 0 Å². The first-order valence-electron chi connectivity index (χ1n) is 5.44. The monoisotopic (exact) mass is 222 g/mol. The number of hydrogen-bond donors (Lipinski definition) is 3. The van der Waals surface area contributed by atoms with Gasteiger partial charge in [-0.05, 0) is 12.5 Å². The molecule has 0 aliphatic rings. The number of hydrogen-bond acceptors (Lipinski definition) is 3. The van der Waals surface area contributed by atoms with E-state index in [1.165, 1.54) is 0 Å². The molecular formula is C12H18N2O2. The minimum Gasteiger partial charge on any atom is -0.387 e. The molecule has 0 heterocycles. The van der Waals surface area contributed by atoms with Gasteiger partial charge in [-0.3, -0.25) is 4.79 Å². The largest absolute Gasteiger partial charge is 0.387 e. The molecule has 4 nitrogen and oxygen atoms in total. The molecule has 1 aromatic rings. The van der Waals surface area contributed by atoms with Crippen molar-refractivity contribution < 1.29 is 9.90 Å². The van der Waals surface area contributed by atoms with Crippen LogP contribution in [0.1, 0.15) is 18.6 Å². The Balaban J connectivity index is 2.26. The summed E-state index contributed by atoms with van der Waals surface area (Å²) in [5.74, 6) is -0.0530. The van der Waals surface area contributed by atoms with Gasteiger partial charge in [0.05, 0.1) is 12.6 Å². The lowest BCUT2D eigenvalue weighted by atomic mass is 10.1. The molecule has 0 saturated heterocycles. The molecule has 3 N–H and O–H groups in total. The van der Waals surface area contributed by atoms with E-state index < -0.39 is 6.10 Å². The molecule has 0 bridgehead atoms. The molecule has 0 radical (unpaired) electrons. The maximum Gasteiger partial charge on any atom is 0.233 e. The molecule has 1 unspecified atom stereocenters. The summed E-state index contributed by atoms with van der Waals surface area (Å²) in [4.78, 5) is 11.1. The average molecular weight is 222 g/mol. The summed E-state index contributed by atoms with van der Waals surface area (Å²) in [5.41, 5.74) is 0.853. The van der Waals surface area contributed by atoms with Gasteiger partial charge >= 0.3 is 0 Å². The number of carbonyl (C=O) groups excluding carboxylic acids is 1. The Morgan fingerprint density at radius 1 is 1.38 bits per heavy atom. The number of carbonyl (C=O) groups is 1. The standard InChI is InChI=1S/C12H18N2O2/c1-2-14-12(16)9-13-8-11(15)10-6-4-3-5-7-10/h3-7,11,13,15H,2,8-9H2,1H3,(H,14,16). The Kier molecular flexibility index (Phi) is 5.53. The molecule has 0 fully saturated rings. The fourth-order valence-electron chi connectivity index (χ4n) is 1.38. The minimum atomic E-state index is -0.573. The quantitative estimate of drug-likeness (QED) is 0.654. The van der Waals surface area contributed by atoms with Crippen molar-refractivity contribution in [1.29, 1.82) is 0 Å². The maximum absolute atomic E-state index is 11.1. The van der Waals surface area contributed by atoms with Crippen LogP contribution in [0.3, 0.4) is 0 Å². The summed E-state index contributed by atoms with van der Waals surface area (Å²) < 4.78 is 0. The zero-order valence-electron chi connectivity index (χ0n) is 9.44. The second kappa shape index (κ2) is 6.98. The van der Waals surface area contributed by atoms with Crippen LogP contribution in [0, 0.1) is 0 Å². The van der Waals surface area contributed by atoms with E-state index in [1.807, 2.05) is 37.3 Å². The molecule has 0 aliphatic carbocycles. The second-order valence-corrected chi connectivity index (χ2v) is 3.51. The zero-order valence-corrected chi connectivity index (χ0v) is 9.44. The van der Waals surface area contributed by atoms with Gasteiger partial charge in [0.2, 0.25) is 5.91 Å². The van der Waals surface area contributed by atoms with Crippen LogP contribution in [0.4, 0.5) is 0 Å². The van der Waals surface area contributed by atoms with E-state index in [4.69, 9.17) is 0 Å². The maximum atomic E-state index is 11.1. The molecule has 1 aromatic carbocycles. The van der Waals surface area contributed by atoms with Crippen LogP contribution in [0.2, 0.25) is 0 Å². The van der Waals surface area contributed by atoms with Crippen molar-refractivity contribution in [3.63, 3.8) is 0 Å². The highest BCUT2D eigenvalue weighted by molar-refractivity contribution is 5.77. The Hall–Kier alpha value is -1.39. The van der Waals surface area contributed by atoms with Crippen molar-refractivity contribution in [2.45, 2.75) is 13.0 Å². The summed E-state index contributed by atoms with van der Waals surface area (Å²) in [6, 6.07) is 9.37. The highest BCUT2D eigenvalue weighted by atomic mass is 16.3. The summed E-state index contributed by atoms with van der Waals surface area (Å²) in [7, 11) is 0. The molecule has 0 aliphatic heterocycles. The SMILES string of the molecule is CCNC(=O)CNCC(O)c1ccccc1. The molecule has 0 spiro atoms. The van der Waals surface area contributed by atoms with Gasteiger partial charge in [-0.1, -0.05) is 30.3 Å². The van der Waals surface area contributed by atoms with Crippen LogP contribution >= 0.6 is 0 Å². The number of rotatable bonds is 6. The van der Waals surface area contributed by atoms with E-state index in [9.17, 15) is 9.90 Å². The number of nitrogens with one attached hydrogen (secondary N) is 2. The molecule has 16 heavy (non-hydrogen) atoms. The van der Waals surface area contributed by atoms with E-state index in [-0.39, 0.29) is 12.5 Å². The van der Waals surface area contributed by atoms with Crippen LogP contribution in [0.15, 0.2) is 30.3 Å². The Labute approximate surface area is 95.7 Å². The fourth-order valence-corrected chi connectivity index (χ4v) is 1.38. The van der Waals surface area contributed by atoms with E-state index >= 15 is 0 Å². The van der Waals surface area contributed by atoms with Gasteiger partial charge in [0.15, 0.2) is 0 Å². The topological polar surface area (TPSA) is 61.4 Å². The van der Waals surface area contributed by atoms with Crippen LogP contribution in [-0.2, 0) is 4.79 Å². The Bertz CT molecular complexity index is 314. The first-order valence-corrected chi connectivity index (χ1v) is 5.44. The lowest BCUT2D eigenvalue weighted by Gasteiger charge is -2.11. The summed E-state index contributed by atoms with van der Waals surface area (Å²) >= 11 is 0. The molecule has 0 saturated carbocycles. The lowest BCUT2D eigenvalue weighted by molar-refractivity contribution is -0.120. The molecule has 1 atom stereocenters. The third-order valence-corrected chi connectivity index (χ3v) is 2.18. The summed E-state index contributed by atoms with van der Waals surface area (Å²) in [5, 5.41) is 15.4. The first-order chi connectivity index (χ1) is 7.74. The lowest BCUT2D eigenvalue weighted by Crippen LogP contribution is -2.35. The molecule has 0 aromatic heterocycles. The Morgan fingerprint density at radius 3 is 2.69 bits per heavy atom. The van der Waals surface area contributed by atoms with Crippen LogP contribution < -0.4 is 10.6 Å². The normalized spacial score (nSPS) is 12.1. The number of amides is 1. The predicted molar refractivity (Wildman–Crippen MR) is 63.0 cm³/mol. The summed E-state index contributed by atoms with van der Waals surface area (Å²) in [6.07, 6.45) is -0.573. The number of aliphatic hydroxyl groups is 1. The third kappa shape index (κ3) is 4.42. The number of aliphatic hydroxyl groups excluding tert-OH is 1. The minimum absolute atomic E-state index is 0.0530. The highest BCUT2D eigenvalue weighted by Crippen LogP contribution is 2.09. The molecule has 1 amide bonds. The molecule has 4 heteroatoms. The van der Waals surface area contributed by atoms with Crippen molar-refractivity contribution >= 4 is 5.91 Å². The predicted octanol–water partition coefficient (Wildman–Crippen LogP) is 0.446. The van der Waals surface area contributed by atoms with Crippen molar-refractivity contribution in [3.05, 3.63) is 35.9 Å². The van der Waals surface area contributed by atoms with Gasteiger partial charge in [-0.25, -0.2) is 0 Å². The van der Waals surface area contributed by atoms with E-state index in [0.717, 1.165) is 5.56 Å². The zero-order chi connectivity index (χ0) is 11.8. The highest BCUT2D eigenvalue weighted by Gasteiger charge is 2.06. The number of likely N-dealkylation sites (N-methyl/N-ethyl adjacent to an activating group) is 1. The molecule has 88 valence electrons. The van der Waals surface area contributed by atoms with Crippen molar-refractivity contribution in [1.82, 2.24) is 10.6 Å². The van der Waals surface area contributed by atoms with Gasteiger partial charge in [0.1, 0.15) is 0 Å². The second-order valence-electron chi connectivity index (χ2n) is 3.51. The van der Waals surface area contributed by atoms with E-state index in [2.05, 4.69) is 10.6 Å². The van der Waals surface area contributed by atoms with E-state index in [1.54, 1.807) is 0 Å². The van der Waals surface area contributed by atoms with E-state index in [0.29, 0.717) is 13.1 Å². The third-order valence-electron chi connectivity index (χ3n) is 2.18. The molecule has 1 rings (SSSR count). The summed E-state index contributed by atoms with van der Waals surface area (Å²) in [6.45, 7) is 3.11. The first kappa shape index (κ1) is 12.7. The average Bonchev–Trinajstić information content (AvgIpc) is 2.30. The van der Waals surface area contributed by atoms with Crippen LogP contribution in [-0.4, -0.2) is 30.6 Å². The number of benzene rings is 1. The van der Waals surface area contributed by atoms with Gasteiger partial charge in [-0.2, -0.15) is 0 Å². The smallest absolute Gasteiger partial charge is 0.233 e. The van der Waals surface area contributed by atoms with Crippen LogP contribution in [0.5, 0.6) is 0 Å². The van der Waals surface area contributed by atoms with Crippen molar-refractivity contribution in [2.75, 3.05) is 19.6 Å². The van der Waals surface area contributed by atoms with Gasteiger partial charge in [0, 0.05) is 13.1 Å². The Morgan fingerprint density at radius 2 is 2.06 bits per heavy atom. The molecular weight excluding hydrogens is 204 g/mol.